The summed E-state index contributed by atoms with van der Waals surface area (Å²) in [6.45, 7) is 9.69. The van der Waals surface area contributed by atoms with Gasteiger partial charge in [0.05, 0.1) is 99.1 Å². The van der Waals surface area contributed by atoms with Crippen LogP contribution < -0.4 is 45.5 Å². The lowest BCUT2D eigenvalue weighted by molar-refractivity contribution is -0.139. The lowest BCUT2D eigenvalue weighted by atomic mass is 9.91. The van der Waals surface area contributed by atoms with E-state index in [1.165, 1.54) is 89.5 Å². The SMILES string of the molecule is CC(=O)N1CC(OC(=O)Oc2c3n(ccc2=O)N(C2c4ccccc4-n4cccc4-c4c2ccc(F)c4F)C2COCCN2C3=O)C1.CC(C)OC(=O)Oc1c2n(ccc1=O)N(C1c3ccccc3-n3cccc3-c3c1ccc(F)c3F)C1COCCN1C2=O.CC(C)OC(=O)Oc1c2n(ccc1=O)N([C@@H]1c3ccccc3-n3cccc3-c3c1ccc(F)c3F)[C@@H]1COCCN1C2=O. The highest BCUT2D eigenvalue weighted by atomic mass is 19.2. The van der Waals surface area contributed by atoms with Crippen molar-refractivity contribution in [2.24, 2.45) is 0 Å². The third-order valence-corrected chi connectivity index (χ3v) is 24.8. The van der Waals surface area contributed by atoms with E-state index in [1.54, 1.807) is 111 Å². The monoisotopic (exact) mass is 1820 g/mol. The van der Waals surface area contributed by atoms with Crippen LogP contribution in [0.15, 0.2) is 215 Å². The number of para-hydroxylation sites is 3. The number of morpholine rings is 3. The van der Waals surface area contributed by atoms with Gasteiger partial charge in [-0.15, -0.1) is 0 Å². The number of fused-ring (bicyclic) bond motifs is 21. The molecule has 4 unspecified atom stereocenters. The molecule has 16 heterocycles. The van der Waals surface area contributed by atoms with Crippen molar-refractivity contribution in [3.05, 3.63) is 317 Å². The number of hydrogen-bond donors (Lipinski definition) is 0. The van der Waals surface area contributed by atoms with E-state index in [9.17, 15) is 61.1 Å². The van der Waals surface area contributed by atoms with E-state index in [-0.39, 0.29) is 112 Å². The highest BCUT2D eigenvalue weighted by Gasteiger charge is 2.53. The number of pyridine rings is 3. The van der Waals surface area contributed by atoms with E-state index in [0.717, 1.165) is 35.4 Å². The van der Waals surface area contributed by atoms with Crippen molar-refractivity contribution >= 4 is 42.1 Å². The molecule has 0 radical (unpaired) electrons. The molecule has 680 valence electrons. The molecular weight excluding hydrogens is 1740 g/mol. The molecule has 6 atom stereocenters. The Morgan fingerprint density at radius 3 is 0.985 bits per heavy atom. The van der Waals surface area contributed by atoms with Gasteiger partial charge in [0.2, 0.25) is 39.4 Å². The maximum atomic E-state index is 15.9. The first-order chi connectivity index (χ1) is 64.2. The third-order valence-electron chi connectivity index (χ3n) is 24.8. The molecule has 6 aromatic heterocycles. The minimum absolute atomic E-state index is 0.0409. The van der Waals surface area contributed by atoms with Crippen molar-refractivity contribution in [1.29, 1.82) is 0 Å². The summed E-state index contributed by atoms with van der Waals surface area (Å²) in [6.07, 6.45) is 2.19. The van der Waals surface area contributed by atoms with Crippen LogP contribution in [0.4, 0.5) is 40.7 Å². The standard InChI is InChI=1S/C33H27F2N5O7.2C31H26F2N4O6/c1-18(41)36-15-19(16-36)46-33(44)47-31-25(42)10-12-39-30(31)32(43)38-13-14-45-17-26(38)40(39)29-20-5-2-3-6-23(20)37-11-4-7-24(37)27-21(29)8-9-22(34)28(27)35;2*1-17(2)42-31(40)43-29-23(38)11-13-36-28(29)30(39)35-14-15-41-16-24(35)37(36)27-18-6-3-4-7-21(18)34-12-5-8-22(34)25-19(27)9-10-20(32)26(25)33/h2-12,19,26,29H,13-17H2,1H3;2*3-13,17,24,27H,14-16H2,1-2H3/t;24-,27-;/m.1./s1. The predicted octanol–water partition coefficient (Wildman–Crippen LogP) is 11.9. The molecule has 4 saturated heterocycles. The third kappa shape index (κ3) is 14.3. The fraction of sp³-hybridized carbons (Fsp3) is 0.263. The van der Waals surface area contributed by atoms with Gasteiger partial charge >= 0.3 is 18.5 Å². The number of amides is 4. The molecule has 0 N–H and O–H groups in total. The summed E-state index contributed by atoms with van der Waals surface area (Å²) in [7, 11) is 0. The first-order valence-electron chi connectivity index (χ1n) is 42.7. The van der Waals surface area contributed by atoms with Gasteiger partial charge in [0.25, 0.3) is 17.7 Å². The molecule has 10 aliphatic rings. The molecular formula is C95H79F6N13O19. The Balaban J connectivity index is 0.000000124. The number of halogens is 6. The molecule has 12 aromatic rings. The van der Waals surface area contributed by atoms with Crippen molar-refractivity contribution < 1.29 is 103 Å². The van der Waals surface area contributed by atoms with Gasteiger partial charge in [-0.1, -0.05) is 72.8 Å². The van der Waals surface area contributed by atoms with Crippen LogP contribution in [0.5, 0.6) is 17.2 Å². The molecule has 32 nitrogen and oxygen atoms in total. The zero-order valence-electron chi connectivity index (χ0n) is 71.4. The highest BCUT2D eigenvalue weighted by Crippen LogP contribution is 2.51. The average molecular weight is 1820 g/mol. The zero-order valence-corrected chi connectivity index (χ0v) is 71.4. The minimum Gasteiger partial charge on any atom is -0.431 e. The zero-order chi connectivity index (χ0) is 92.5. The van der Waals surface area contributed by atoms with E-state index in [4.69, 9.17) is 42.6 Å². The topological polar surface area (TPSA) is 306 Å². The molecule has 4 amide bonds. The van der Waals surface area contributed by atoms with Gasteiger partial charge in [0.15, 0.2) is 52.0 Å². The van der Waals surface area contributed by atoms with Crippen molar-refractivity contribution in [2.75, 3.05) is 87.4 Å². The van der Waals surface area contributed by atoms with Crippen LogP contribution in [-0.2, 0) is 33.2 Å². The number of likely N-dealkylation sites (tertiary alicyclic amines) is 1. The second-order valence-corrected chi connectivity index (χ2v) is 33.1. The maximum Gasteiger partial charge on any atom is 0.514 e. The number of carbonyl (C=O) groups excluding carboxylic acids is 7. The Bertz CT molecular complexity index is 6770. The number of ether oxygens (including phenoxy) is 9. The van der Waals surface area contributed by atoms with Crippen LogP contribution >= 0.6 is 0 Å². The smallest absolute Gasteiger partial charge is 0.431 e. The van der Waals surface area contributed by atoms with E-state index in [2.05, 4.69) is 0 Å². The Kier molecular flexibility index (Phi) is 21.8. The number of nitrogens with zero attached hydrogens (tertiary/aromatic N) is 13. The van der Waals surface area contributed by atoms with Gasteiger partial charge in [-0.3, -0.25) is 62.6 Å². The first-order valence-corrected chi connectivity index (χ1v) is 42.7. The summed E-state index contributed by atoms with van der Waals surface area (Å²) in [6, 6.07) is 41.5. The quantitative estimate of drug-likeness (QED) is 0.0736. The molecule has 38 heteroatoms. The van der Waals surface area contributed by atoms with E-state index >= 15 is 13.2 Å². The summed E-state index contributed by atoms with van der Waals surface area (Å²) in [5.74, 6) is -9.46. The van der Waals surface area contributed by atoms with Crippen molar-refractivity contribution in [2.45, 2.75) is 89.6 Å². The summed E-state index contributed by atoms with van der Waals surface area (Å²) < 4.78 is 151. The lowest BCUT2D eigenvalue weighted by Gasteiger charge is -2.51. The van der Waals surface area contributed by atoms with E-state index in [0.29, 0.717) is 56.4 Å². The van der Waals surface area contributed by atoms with Gasteiger partial charge in [0.1, 0.15) is 42.7 Å². The Hall–Kier alpha value is -15.4. The van der Waals surface area contributed by atoms with E-state index < -0.39 is 160 Å². The fourth-order valence-electron chi connectivity index (χ4n) is 19.2. The molecule has 0 bridgehead atoms. The van der Waals surface area contributed by atoms with Crippen LogP contribution in [-0.4, -0.2) is 199 Å². The second kappa shape index (κ2) is 33.8. The highest BCUT2D eigenvalue weighted by molar-refractivity contribution is 5.99. The van der Waals surface area contributed by atoms with E-state index in [1.807, 2.05) is 72.8 Å². The molecule has 4 fully saturated rings. The normalized spacial score (nSPS) is 19.1. The summed E-state index contributed by atoms with van der Waals surface area (Å²) in [4.78, 5) is 137. The van der Waals surface area contributed by atoms with Crippen LogP contribution in [0.1, 0.15) is 118 Å². The average Bonchev–Trinajstić information content (AvgIpc) is 1.50. The first kappa shape index (κ1) is 85.6. The number of rotatable bonds is 9. The minimum atomic E-state index is -1.20. The molecule has 0 saturated carbocycles. The largest absolute Gasteiger partial charge is 0.514 e. The predicted molar refractivity (Wildman–Crippen MR) is 460 cm³/mol. The van der Waals surface area contributed by atoms with Gasteiger partial charge in [-0.05, 0) is 117 Å². The Labute approximate surface area is 750 Å². The van der Waals surface area contributed by atoms with Crippen molar-refractivity contribution in [3.8, 4) is 68.1 Å². The van der Waals surface area contributed by atoms with Gasteiger partial charge in [-0.25, -0.2) is 40.7 Å². The second-order valence-electron chi connectivity index (χ2n) is 33.1. The number of carbonyl (C=O) groups is 7. The summed E-state index contributed by atoms with van der Waals surface area (Å²) >= 11 is 0. The van der Waals surface area contributed by atoms with Gasteiger partial charge in [0, 0.05) is 115 Å². The molecule has 10 aliphatic heterocycles. The van der Waals surface area contributed by atoms with Crippen molar-refractivity contribution in [1.82, 2.24) is 47.3 Å². The van der Waals surface area contributed by atoms with Crippen LogP contribution in [0.25, 0.3) is 50.8 Å². The van der Waals surface area contributed by atoms with Crippen LogP contribution in [0, 0.1) is 34.9 Å². The molecule has 0 aliphatic carbocycles. The fourth-order valence-corrected chi connectivity index (χ4v) is 19.2. The molecule has 6 aromatic carbocycles. The Morgan fingerprint density at radius 1 is 0.368 bits per heavy atom. The molecule has 133 heavy (non-hydrogen) atoms. The summed E-state index contributed by atoms with van der Waals surface area (Å²) in [5, 5.41) is 5.35. The number of hydrogen-bond acceptors (Lipinski definition) is 22. The van der Waals surface area contributed by atoms with Crippen molar-refractivity contribution in [3.63, 3.8) is 0 Å². The van der Waals surface area contributed by atoms with Gasteiger partial charge in [-0.2, -0.15) is 0 Å². The van der Waals surface area contributed by atoms with Crippen LogP contribution in [0.2, 0.25) is 0 Å². The van der Waals surface area contributed by atoms with Gasteiger partial charge < -0.3 is 75.9 Å². The molecule has 22 rings (SSSR count). The molecule has 0 spiro atoms. The number of benzene rings is 6. The lowest BCUT2D eigenvalue weighted by Crippen LogP contribution is -2.66. The Morgan fingerprint density at radius 2 is 0.677 bits per heavy atom. The summed E-state index contributed by atoms with van der Waals surface area (Å²) in [5.41, 5.74) is 4.24. The number of aromatic nitrogens is 6. The van der Waals surface area contributed by atoms with Crippen LogP contribution in [0.3, 0.4) is 0 Å². The maximum absolute atomic E-state index is 15.9.